The van der Waals surface area contributed by atoms with E-state index in [1.807, 2.05) is 11.7 Å². The van der Waals surface area contributed by atoms with Gasteiger partial charge in [0.05, 0.1) is 22.3 Å². The number of rotatable bonds is 2. The third kappa shape index (κ3) is 3.80. The number of H-pyrrole nitrogens is 1. The summed E-state index contributed by atoms with van der Waals surface area (Å²) in [7, 11) is 1.92. The van der Waals surface area contributed by atoms with Gasteiger partial charge in [0.2, 0.25) is 0 Å². The molecule has 32 heavy (non-hydrogen) atoms. The number of imidazole rings is 1. The molecule has 2 aromatic heterocycles. The maximum absolute atomic E-state index is 13.5. The van der Waals surface area contributed by atoms with Crippen LogP contribution < -0.4 is 29.6 Å². The smallest absolute Gasteiger partial charge is 1.00 e. The summed E-state index contributed by atoms with van der Waals surface area (Å²) in [5, 5.41) is 4.79. The molecular weight excluding hydrogens is 424 g/mol. The maximum atomic E-state index is 13.5. The molecule has 2 heterocycles. The van der Waals surface area contributed by atoms with Gasteiger partial charge in [-0.15, -0.1) is 0 Å². The summed E-state index contributed by atoms with van der Waals surface area (Å²) < 4.78 is 42.3. The second-order valence-electron chi connectivity index (χ2n) is 8.90. The Kier molecular flexibility index (Phi) is 5.80. The molecule has 1 N–H and O–H groups in total. The van der Waals surface area contributed by atoms with E-state index in [-0.39, 0.29) is 42.0 Å². The van der Waals surface area contributed by atoms with Crippen molar-refractivity contribution in [1.29, 1.82) is 0 Å². The number of alkyl halides is 3. The number of aromatic nitrogens is 4. The summed E-state index contributed by atoms with van der Waals surface area (Å²) >= 11 is 0. The summed E-state index contributed by atoms with van der Waals surface area (Å²) in [4.78, 5) is 8.07. The van der Waals surface area contributed by atoms with E-state index in [1.165, 1.54) is 17.7 Å². The van der Waals surface area contributed by atoms with Crippen LogP contribution in [0.2, 0.25) is 0 Å². The molecule has 1 aliphatic carbocycles. The molecule has 0 radical (unpaired) electrons. The van der Waals surface area contributed by atoms with E-state index in [0.717, 1.165) is 36.7 Å². The van der Waals surface area contributed by atoms with Crippen LogP contribution in [-0.4, -0.2) is 19.7 Å². The van der Waals surface area contributed by atoms with Crippen molar-refractivity contribution in [3.05, 3.63) is 59.3 Å². The van der Waals surface area contributed by atoms with Crippen LogP contribution in [0.4, 0.5) is 13.2 Å². The Morgan fingerprint density at radius 1 is 1.12 bits per heavy atom. The Morgan fingerprint density at radius 3 is 2.62 bits per heavy atom. The molecule has 0 fully saturated rings. The first-order valence-corrected chi connectivity index (χ1v) is 10.4. The molecule has 0 amide bonds. The Hall–Kier alpha value is -2.09. The SMILES string of the molecule is Cn1nc2c(c1-c1nc3ccc(-c4ccccc4C(F)(F)F)cc3[nH]1)CCCC2(C)C.[H-].[Na+]. The fourth-order valence-electron chi connectivity index (χ4n) is 4.74. The predicted octanol–water partition coefficient (Wildman–Crippen LogP) is 3.38. The zero-order valence-electron chi connectivity index (χ0n) is 19.6. The molecule has 1 aliphatic rings. The first-order valence-electron chi connectivity index (χ1n) is 10.4. The minimum absolute atomic E-state index is 0. The van der Waals surface area contributed by atoms with Crippen LogP contribution in [0.5, 0.6) is 0 Å². The molecule has 8 heteroatoms. The first-order chi connectivity index (χ1) is 14.6. The molecule has 0 atom stereocenters. The van der Waals surface area contributed by atoms with Gasteiger partial charge in [-0.3, -0.25) is 4.68 Å². The van der Waals surface area contributed by atoms with Gasteiger partial charge in [0.25, 0.3) is 0 Å². The number of hydrogen-bond acceptors (Lipinski definition) is 2. The monoisotopic (exact) mass is 448 g/mol. The number of benzene rings is 2. The van der Waals surface area contributed by atoms with Gasteiger partial charge in [0, 0.05) is 18.0 Å². The van der Waals surface area contributed by atoms with Gasteiger partial charge in [-0.2, -0.15) is 18.3 Å². The van der Waals surface area contributed by atoms with Crippen molar-refractivity contribution in [2.24, 2.45) is 7.05 Å². The third-order valence-electron chi connectivity index (χ3n) is 6.26. The zero-order chi connectivity index (χ0) is 22.0. The Morgan fingerprint density at radius 2 is 1.88 bits per heavy atom. The second kappa shape index (κ2) is 8.04. The second-order valence-corrected chi connectivity index (χ2v) is 8.90. The number of nitrogens with zero attached hydrogens (tertiary/aromatic N) is 3. The number of hydrogen-bond donors (Lipinski definition) is 1. The average molecular weight is 448 g/mol. The van der Waals surface area contributed by atoms with E-state index in [4.69, 9.17) is 10.1 Å². The van der Waals surface area contributed by atoms with Crippen molar-refractivity contribution in [1.82, 2.24) is 19.7 Å². The molecular formula is C24H24F3N4Na. The summed E-state index contributed by atoms with van der Waals surface area (Å²) in [6, 6.07) is 10.8. The van der Waals surface area contributed by atoms with Gasteiger partial charge in [0.1, 0.15) is 5.69 Å². The van der Waals surface area contributed by atoms with E-state index >= 15 is 0 Å². The number of fused-ring (bicyclic) bond motifs is 2. The largest absolute Gasteiger partial charge is 1.00 e. The van der Waals surface area contributed by atoms with E-state index in [0.29, 0.717) is 22.4 Å². The van der Waals surface area contributed by atoms with Crippen molar-refractivity contribution in [3.63, 3.8) is 0 Å². The molecule has 0 bridgehead atoms. The number of nitrogens with one attached hydrogen (secondary N) is 1. The van der Waals surface area contributed by atoms with Crippen LogP contribution in [0.25, 0.3) is 33.7 Å². The normalized spacial score (nSPS) is 15.4. The average Bonchev–Trinajstić information content (AvgIpc) is 3.27. The summed E-state index contributed by atoms with van der Waals surface area (Å²) in [5.74, 6) is 0.699. The Balaban J connectivity index is 0.00000153. The van der Waals surface area contributed by atoms with Gasteiger partial charge in [-0.1, -0.05) is 38.1 Å². The molecule has 2 aromatic carbocycles. The zero-order valence-corrected chi connectivity index (χ0v) is 20.6. The van der Waals surface area contributed by atoms with Gasteiger partial charge in [-0.05, 0) is 48.6 Å². The van der Waals surface area contributed by atoms with E-state index in [9.17, 15) is 13.2 Å². The van der Waals surface area contributed by atoms with Crippen LogP contribution in [0, 0.1) is 0 Å². The first kappa shape index (κ1) is 23.1. The number of halogens is 3. The van der Waals surface area contributed by atoms with E-state index in [2.05, 4.69) is 18.8 Å². The standard InChI is InChI=1S/C24H23F3N4.Na.H/c1-23(2)12-6-8-16-20(31(3)30-21(16)23)22-28-18-11-10-14(13-19(18)29-22)15-7-4-5-9-17(15)24(25,26)27;;/h4-5,7,9-11,13H,6,8,12H2,1-3H3,(H,28,29);;/q;+1;-1. The molecule has 0 saturated carbocycles. The molecule has 0 unspecified atom stereocenters. The topological polar surface area (TPSA) is 46.5 Å². The van der Waals surface area contributed by atoms with Gasteiger partial charge < -0.3 is 6.41 Å². The summed E-state index contributed by atoms with van der Waals surface area (Å²) in [6.07, 6.45) is -1.27. The quantitative estimate of drug-likeness (QED) is 0.478. The van der Waals surface area contributed by atoms with E-state index in [1.54, 1.807) is 24.3 Å². The minimum atomic E-state index is -4.41. The summed E-state index contributed by atoms with van der Waals surface area (Å²) in [6.45, 7) is 4.43. The van der Waals surface area contributed by atoms with Crippen LogP contribution in [0.1, 0.15) is 44.9 Å². The molecule has 4 nitrogen and oxygen atoms in total. The molecule has 162 valence electrons. The molecule has 0 aliphatic heterocycles. The van der Waals surface area contributed by atoms with Crippen molar-refractivity contribution in [3.8, 4) is 22.6 Å². The third-order valence-corrected chi connectivity index (χ3v) is 6.26. The molecule has 5 rings (SSSR count). The van der Waals surface area contributed by atoms with Crippen molar-refractivity contribution >= 4 is 11.0 Å². The van der Waals surface area contributed by atoms with Gasteiger partial charge >= 0.3 is 35.7 Å². The molecule has 4 aromatic rings. The molecule has 0 spiro atoms. The molecule has 0 saturated heterocycles. The fraction of sp³-hybridized carbons (Fsp3) is 0.333. The summed E-state index contributed by atoms with van der Waals surface area (Å²) in [5.41, 5.74) is 4.73. The van der Waals surface area contributed by atoms with Crippen LogP contribution in [0.3, 0.4) is 0 Å². The van der Waals surface area contributed by atoms with Crippen LogP contribution >= 0.6 is 0 Å². The number of aryl methyl sites for hydroxylation is 1. The maximum Gasteiger partial charge on any atom is 1.00 e. The van der Waals surface area contributed by atoms with Crippen molar-refractivity contribution < 1.29 is 44.2 Å². The van der Waals surface area contributed by atoms with Crippen molar-refractivity contribution in [2.75, 3.05) is 0 Å². The van der Waals surface area contributed by atoms with Crippen LogP contribution in [0.15, 0.2) is 42.5 Å². The Labute approximate surface area is 208 Å². The minimum Gasteiger partial charge on any atom is -1.00 e. The van der Waals surface area contributed by atoms with Crippen LogP contribution in [-0.2, 0) is 25.1 Å². The fourth-order valence-corrected chi connectivity index (χ4v) is 4.74. The predicted molar refractivity (Wildman–Crippen MR) is 116 cm³/mol. The number of aromatic amines is 1. The van der Waals surface area contributed by atoms with E-state index < -0.39 is 11.7 Å². The Bertz CT molecular complexity index is 1310. The van der Waals surface area contributed by atoms with Gasteiger partial charge in [0.15, 0.2) is 5.82 Å². The van der Waals surface area contributed by atoms with Crippen molar-refractivity contribution in [2.45, 2.75) is 44.7 Å². The van der Waals surface area contributed by atoms with Gasteiger partial charge in [-0.25, -0.2) is 4.98 Å².